The van der Waals surface area contributed by atoms with Crippen LogP contribution in [0.1, 0.15) is 66.8 Å². The van der Waals surface area contributed by atoms with Crippen LogP contribution in [0.5, 0.6) is 0 Å². The Balaban J connectivity index is 0.00000221. The van der Waals surface area contributed by atoms with Crippen molar-refractivity contribution in [3.63, 3.8) is 0 Å². The Morgan fingerprint density at radius 3 is 1.69 bits per heavy atom. The number of benzene rings is 7. The summed E-state index contributed by atoms with van der Waals surface area (Å²) in [6, 6.07) is 63.5. The quantitative estimate of drug-likeness (QED) is 0.0856. The van der Waals surface area contributed by atoms with Gasteiger partial charge in [-0.15, -0.1) is 13.2 Å². The Labute approximate surface area is 321 Å². The molecule has 1 saturated carbocycles. The van der Waals surface area contributed by atoms with Crippen molar-refractivity contribution in [3.05, 3.63) is 217 Å². The van der Waals surface area contributed by atoms with Crippen molar-refractivity contribution in [3.8, 4) is 22.3 Å². The van der Waals surface area contributed by atoms with E-state index in [1.54, 1.807) is 0 Å². The second-order valence-corrected chi connectivity index (χ2v) is 14.1. The Bertz CT molecular complexity index is 2330. The molecule has 2 nitrogen and oxygen atoms in total. The molecule has 0 heterocycles. The molecule has 0 saturated heterocycles. The van der Waals surface area contributed by atoms with E-state index >= 15 is 0 Å². The molecule has 8 rings (SSSR count). The van der Waals surface area contributed by atoms with Gasteiger partial charge in [0.25, 0.3) is 0 Å². The van der Waals surface area contributed by atoms with E-state index in [9.17, 15) is 0 Å². The topological polar surface area (TPSA) is 24.7 Å². The second kappa shape index (κ2) is 17.1. The fourth-order valence-electron chi connectivity index (χ4n) is 7.88. The molecule has 2 heteroatoms. The lowest BCUT2D eigenvalue weighted by Gasteiger charge is -2.39. The van der Waals surface area contributed by atoms with E-state index in [4.69, 9.17) is 9.98 Å². The Morgan fingerprint density at radius 2 is 1.02 bits per heavy atom. The molecule has 1 aliphatic carbocycles. The van der Waals surface area contributed by atoms with E-state index in [0.717, 1.165) is 22.7 Å². The highest BCUT2D eigenvalue weighted by molar-refractivity contribution is 6.11. The van der Waals surface area contributed by atoms with Crippen LogP contribution in [-0.2, 0) is 12.0 Å². The van der Waals surface area contributed by atoms with Gasteiger partial charge in [0.05, 0.1) is 6.54 Å². The van der Waals surface area contributed by atoms with Gasteiger partial charge in [0, 0.05) is 16.7 Å². The van der Waals surface area contributed by atoms with Gasteiger partial charge in [0.1, 0.15) is 0 Å². The molecule has 54 heavy (non-hydrogen) atoms. The van der Waals surface area contributed by atoms with Crippen molar-refractivity contribution in [1.82, 2.24) is 0 Å². The van der Waals surface area contributed by atoms with Crippen LogP contribution in [0.4, 0.5) is 0 Å². The third kappa shape index (κ3) is 8.09. The number of hydrogen-bond acceptors (Lipinski definition) is 1. The molecular formula is C52H48N2. The van der Waals surface area contributed by atoms with E-state index in [0.29, 0.717) is 6.54 Å². The van der Waals surface area contributed by atoms with Crippen LogP contribution >= 0.6 is 0 Å². The summed E-state index contributed by atoms with van der Waals surface area (Å²) in [5.41, 5.74) is 12.1. The first-order chi connectivity index (χ1) is 26.6. The summed E-state index contributed by atoms with van der Waals surface area (Å²) in [5, 5.41) is 2.56. The number of amidine groups is 1. The molecule has 0 spiro atoms. The molecule has 1 aliphatic rings. The number of fused-ring (bicyclic) bond motifs is 1. The van der Waals surface area contributed by atoms with Crippen molar-refractivity contribution < 1.29 is 0 Å². The van der Waals surface area contributed by atoms with Crippen LogP contribution in [-0.4, -0.2) is 11.5 Å². The van der Waals surface area contributed by atoms with Crippen molar-refractivity contribution in [2.75, 3.05) is 0 Å². The molecule has 1 fully saturated rings. The first-order valence-corrected chi connectivity index (χ1v) is 19.1. The van der Waals surface area contributed by atoms with Crippen LogP contribution in [0, 0.1) is 0 Å². The zero-order valence-electron chi connectivity index (χ0n) is 31.3. The summed E-state index contributed by atoms with van der Waals surface area (Å²) >= 11 is 0. The predicted molar refractivity (Wildman–Crippen MR) is 232 cm³/mol. The highest BCUT2D eigenvalue weighted by atomic mass is 14.9. The third-order valence-electron chi connectivity index (χ3n) is 10.9. The number of nitrogens with zero attached hydrogens (tertiary/aromatic N) is 2. The first kappa shape index (κ1) is 36.2. The highest BCUT2D eigenvalue weighted by Crippen LogP contribution is 2.45. The van der Waals surface area contributed by atoms with Gasteiger partial charge in [-0.05, 0) is 81.1 Å². The number of aliphatic imine (C=N–C) groups is 2. The summed E-state index contributed by atoms with van der Waals surface area (Å²) in [7, 11) is 0. The fraction of sp³-hybridized carbons (Fsp3) is 0.154. The van der Waals surface area contributed by atoms with Gasteiger partial charge in [0.15, 0.2) is 5.84 Å². The maximum Gasteiger partial charge on any atom is 0.155 e. The minimum Gasteiger partial charge on any atom is -0.261 e. The van der Waals surface area contributed by atoms with Gasteiger partial charge in [-0.1, -0.05) is 189 Å². The van der Waals surface area contributed by atoms with Crippen molar-refractivity contribution >= 4 is 22.3 Å². The third-order valence-corrected chi connectivity index (χ3v) is 10.9. The first-order valence-electron chi connectivity index (χ1n) is 19.1. The normalized spacial score (nSPS) is 14.2. The van der Waals surface area contributed by atoms with Gasteiger partial charge in [-0.3, -0.25) is 4.99 Å². The molecule has 0 aliphatic heterocycles. The van der Waals surface area contributed by atoms with Crippen LogP contribution < -0.4 is 0 Å². The standard InChI is InChI=1S/C50H44N2.C2H4/c1-37(39-21-23-42(24-22-39)40-13-5-2-6-14-40)52-49(44-16-7-3-8-17-44)51-36-38-19-29-47(30-20-38)50(33-11-4-12-34-50)48-31-27-43(28-32-48)46-26-25-41-15-9-10-18-45(41)35-46;1-2/h2-3,5-10,13-32,35H,4,11-12,33-34,36H2,1H3;1-2H2. The number of hydrogen-bond donors (Lipinski definition) is 0. The molecule has 0 amide bonds. The lowest BCUT2D eigenvalue weighted by Crippen LogP contribution is -2.30. The summed E-state index contributed by atoms with van der Waals surface area (Å²) in [5.74, 6) is 0.754. The molecule has 7 aromatic carbocycles. The monoisotopic (exact) mass is 700 g/mol. The maximum atomic E-state index is 5.10. The summed E-state index contributed by atoms with van der Waals surface area (Å²) in [4.78, 5) is 10.2. The Kier molecular flexibility index (Phi) is 11.5. The van der Waals surface area contributed by atoms with E-state index in [1.165, 1.54) is 81.8 Å². The molecule has 7 aromatic rings. The van der Waals surface area contributed by atoms with Crippen LogP contribution in [0.25, 0.3) is 33.0 Å². The predicted octanol–water partition coefficient (Wildman–Crippen LogP) is 13.7. The molecule has 0 atom stereocenters. The van der Waals surface area contributed by atoms with Crippen molar-refractivity contribution in [2.24, 2.45) is 9.98 Å². The minimum absolute atomic E-state index is 0.0363. The zero-order chi connectivity index (χ0) is 37.2. The smallest absolute Gasteiger partial charge is 0.155 e. The number of rotatable bonds is 8. The molecule has 0 unspecified atom stereocenters. The van der Waals surface area contributed by atoms with E-state index in [-0.39, 0.29) is 5.41 Å². The van der Waals surface area contributed by atoms with Gasteiger partial charge in [0.2, 0.25) is 0 Å². The summed E-state index contributed by atoms with van der Waals surface area (Å²) in [6.45, 7) is 8.64. The molecular weight excluding hydrogens is 653 g/mol. The molecule has 0 radical (unpaired) electrons. The molecule has 266 valence electrons. The second-order valence-electron chi connectivity index (χ2n) is 14.1. The van der Waals surface area contributed by atoms with Gasteiger partial charge >= 0.3 is 0 Å². The van der Waals surface area contributed by atoms with Gasteiger partial charge in [-0.2, -0.15) is 0 Å². The highest BCUT2D eigenvalue weighted by Gasteiger charge is 2.35. The van der Waals surface area contributed by atoms with E-state index < -0.39 is 0 Å². The van der Waals surface area contributed by atoms with Crippen LogP contribution in [0.2, 0.25) is 0 Å². The van der Waals surface area contributed by atoms with Crippen LogP contribution in [0.15, 0.2) is 199 Å². The largest absolute Gasteiger partial charge is 0.261 e. The Hall–Kier alpha value is -6.12. The Morgan fingerprint density at radius 1 is 0.500 bits per heavy atom. The lowest BCUT2D eigenvalue weighted by atomic mass is 9.65. The summed E-state index contributed by atoms with van der Waals surface area (Å²) < 4.78 is 0. The van der Waals surface area contributed by atoms with Crippen molar-refractivity contribution in [1.29, 1.82) is 0 Å². The fourth-order valence-corrected chi connectivity index (χ4v) is 7.88. The van der Waals surface area contributed by atoms with E-state index in [1.807, 2.05) is 12.1 Å². The molecule has 0 N–H and O–H groups in total. The van der Waals surface area contributed by atoms with Gasteiger partial charge < -0.3 is 0 Å². The average molecular weight is 701 g/mol. The zero-order valence-corrected chi connectivity index (χ0v) is 31.3. The summed E-state index contributed by atoms with van der Waals surface area (Å²) in [6.07, 6.45) is 6.18. The van der Waals surface area contributed by atoms with Gasteiger partial charge in [-0.25, -0.2) is 4.99 Å². The maximum absolute atomic E-state index is 5.10. The van der Waals surface area contributed by atoms with Crippen LogP contribution in [0.3, 0.4) is 0 Å². The van der Waals surface area contributed by atoms with E-state index in [2.05, 4.69) is 184 Å². The lowest BCUT2D eigenvalue weighted by molar-refractivity contribution is 0.346. The van der Waals surface area contributed by atoms with Crippen molar-refractivity contribution in [2.45, 2.75) is 51.0 Å². The average Bonchev–Trinajstić information content (AvgIpc) is 3.26. The minimum atomic E-state index is 0.0363. The molecule has 0 aromatic heterocycles. The molecule has 0 bridgehead atoms. The SMILES string of the molecule is C=C.CC(=NC(=NCc1ccc(C2(c3ccc(-c4ccc5ccccc5c4)cc3)CCCCC2)cc1)c1ccccc1)c1ccc(-c2ccccc2)cc1.